The van der Waals surface area contributed by atoms with Crippen molar-refractivity contribution >= 4 is 0 Å². The van der Waals surface area contributed by atoms with E-state index in [0.29, 0.717) is 17.4 Å². The van der Waals surface area contributed by atoms with Crippen molar-refractivity contribution in [3.63, 3.8) is 0 Å². The summed E-state index contributed by atoms with van der Waals surface area (Å²) < 4.78 is 0. The summed E-state index contributed by atoms with van der Waals surface area (Å²) in [5, 5.41) is 3.70. The predicted octanol–water partition coefficient (Wildman–Crippen LogP) is 3.56. The standard InChI is InChI=1S/C19H22N2/c1-13-18-12-16-4-3-15(14-5-8-20-9-6-14)11-17(16)19(13,2)7-10-21-18/h3-6,8-9,11,13,18,21H,7,10,12H2,1-2H3/t13-,18-,19-/m1/s1. The first-order valence-corrected chi connectivity index (χ1v) is 7.96. The van der Waals surface area contributed by atoms with Gasteiger partial charge in [0.25, 0.3) is 0 Å². The zero-order chi connectivity index (χ0) is 14.4. The Labute approximate surface area is 126 Å². The molecule has 1 aliphatic carbocycles. The second-order valence-electron chi connectivity index (χ2n) is 6.83. The number of piperidine rings is 1. The van der Waals surface area contributed by atoms with E-state index in [1.54, 1.807) is 5.56 Å². The molecule has 0 unspecified atom stereocenters. The number of nitrogens with zero attached hydrogens (tertiary/aromatic N) is 1. The van der Waals surface area contributed by atoms with Gasteiger partial charge in [-0.1, -0.05) is 32.0 Å². The highest BCUT2D eigenvalue weighted by atomic mass is 14.9. The molecule has 0 radical (unpaired) electrons. The number of hydrogen-bond donors (Lipinski definition) is 1. The molecule has 2 aliphatic rings. The van der Waals surface area contributed by atoms with Crippen molar-refractivity contribution in [2.45, 2.75) is 38.1 Å². The summed E-state index contributed by atoms with van der Waals surface area (Å²) in [4.78, 5) is 4.13. The van der Waals surface area contributed by atoms with Crippen LogP contribution in [0.25, 0.3) is 11.1 Å². The van der Waals surface area contributed by atoms with Crippen LogP contribution in [0.3, 0.4) is 0 Å². The van der Waals surface area contributed by atoms with Gasteiger partial charge in [0.15, 0.2) is 0 Å². The molecule has 2 bridgehead atoms. The average Bonchev–Trinajstić information content (AvgIpc) is 2.51. The topological polar surface area (TPSA) is 24.9 Å². The van der Waals surface area contributed by atoms with Gasteiger partial charge in [-0.2, -0.15) is 0 Å². The molecule has 1 aromatic carbocycles. The molecule has 1 saturated heterocycles. The summed E-state index contributed by atoms with van der Waals surface area (Å²) in [6.45, 7) is 6.02. The zero-order valence-electron chi connectivity index (χ0n) is 12.8. The molecule has 108 valence electrons. The minimum atomic E-state index is 0.312. The van der Waals surface area contributed by atoms with Crippen molar-refractivity contribution in [1.82, 2.24) is 10.3 Å². The number of pyridine rings is 1. The van der Waals surface area contributed by atoms with Crippen LogP contribution in [0.5, 0.6) is 0 Å². The van der Waals surface area contributed by atoms with E-state index in [4.69, 9.17) is 0 Å². The van der Waals surface area contributed by atoms with Crippen LogP contribution in [0.2, 0.25) is 0 Å². The number of aromatic nitrogens is 1. The van der Waals surface area contributed by atoms with Crippen LogP contribution in [0.4, 0.5) is 0 Å². The van der Waals surface area contributed by atoms with Crippen molar-refractivity contribution in [3.8, 4) is 11.1 Å². The molecule has 1 aliphatic heterocycles. The Morgan fingerprint density at radius 3 is 2.76 bits per heavy atom. The Morgan fingerprint density at radius 1 is 1.14 bits per heavy atom. The number of hydrogen-bond acceptors (Lipinski definition) is 2. The Hall–Kier alpha value is -1.67. The molecule has 2 aromatic rings. The molecule has 1 fully saturated rings. The molecule has 4 rings (SSSR count). The SMILES string of the molecule is C[C@@H]1[C@H]2Cc3ccc(-c4ccncc4)cc3[C@]1(C)CCN2. The molecule has 21 heavy (non-hydrogen) atoms. The Bertz CT molecular complexity index is 665. The van der Waals surface area contributed by atoms with E-state index >= 15 is 0 Å². The van der Waals surface area contributed by atoms with Crippen molar-refractivity contribution in [2.75, 3.05) is 6.54 Å². The van der Waals surface area contributed by atoms with Gasteiger partial charge in [-0.25, -0.2) is 0 Å². The smallest absolute Gasteiger partial charge is 0.0273 e. The third-order valence-electron chi connectivity index (χ3n) is 5.84. The number of benzene rings is 1. The fourth-order valence-corrected chi connectivity index (χ4v) is 4.24. The van der Waals surface area contributed by atoms with Crippen LogP contribution < -0.4 is 5.32 Å². The monoisotopic (exact) mass is 278 g/mol. The molecular weight excluding hydrogens is 256 g/mol. The van der Waals surface area contributed by atoms with Crippen LogP contribution >= 0.6 is 0 Å². The number of fused-ring (bicyclic) bond motifs is 4. The first-order chi connectivity index (χ1) is 10.2. The number of rotatable bonds is 1. The van der Waals surface area contributed by atoms with Crippen LogP contribution in [0.15, 0.2) is 42.7 Å². The highest BCUT2D eigenvalue weighted by Gasteiger charge is 2.45. The maximum absolute atomic E-state index is 4.13. The highest BCUT2D eigenvalue weighted by Crippen LogP contribution is 2.46. The van der Waals surface area contributed by atoms with E-state index in [9.17, 15) is 0 Å². The molecule has 0 saturated carbocycles. The first kappa shape index (κ1) is 13.0. The molecular formula is C19H22N2. The lowest BCUT2D eigenvalue weighted by atomic mass is 9.59. The summed E-state index contributed by atoms with van der Waals surface area (Å²) in [6.07, 6.45) is 6.15. The molecule has 0 spiro atoms. The minimum absolute atomic E-state index is 0.312. The van der Waals surface area contributed by atoms with Gasteiger partial charge in [-0.05, 0) is 65.1 Å². The van der Waals surface area contributed by atoms with Crippen molar-refractivity contribution in [2.24, 2.45) is 5.92 Å². The van der Waals surface area contributed by atoms with Crippen LogP contribution in [-0.4, -0.2) is 17.6 Å². The lowest BCUT2D eigenvalue weighted by Crippen LogP contribution is -2.56. The number of nitrogens with one attached hydrogen (secondary N) is 1. The third-order valence-corrected chi connectivity index (χ3v) is 5.84. The lowest BCUT2D eigenvalue weighted by Gasteiger charge is -2.50. The maximum Gasteiger partial charge on any atom is 0.0273 e. The molecule has 2 heterocycles. The van der Waals surface area contributed by atoms with Gasteiger partial charge in [0, 0.05) is 18.4 Å². The Morgan fingerprint density at radius 2 is 1.95 bits per heavy atom. The molecule has 2 heteroatoms. The fourth-order valence-electron chi connectivity index (χ4n) is 4.24. The summed E-state index contributed by atoms with van der Waals surface area (Å²) >= 11 is 0. The van der Waals surface area contributed by atoms with E-state index < -0.39 is 0 Å². The average molecular weight is 278 g/mol. The van der Waals surface area contributed by atoms with Gasteiger partial charge < -0.3 is 5.32 Å². The second kappa shape index (κ2) is 4.67. The molecule has 2 nitrogen and oxygen atoms in total. The van der Waals surface area contributed by atoms with Crippen LogP contribution in [0.1, 0.15) is 31.4 Å². The third kappa shape index (κ3) is 1.93. The molecule has 0 amide bonds. The highest BCUT2D eigenvalue weighted by molar-refractivity contribution is 5.65. The summed E-state index contributed by atoms with van der Waals surface area (Å²) in [5.41, 5.74) is 6.00. The van der Waals surface area contributed by atoms with Crippen LogP contribution in [0, 0.1) is 5.92 Å². The Balaban J connectivity index is 1.85. The molecule has 1 aromatic heterocycles. The van der Waals surface area contributed by atoms with Crippen molar-refractivity contribution in [1.29, 1.82) is 0 Å². The van der Waals surface area contributed by atoms with Gasteiger partial charge in [-0.3, -0.25) is 4.98 Å². The van der Waals surface area contributed by atoms with E-state index in [1.165, 1.54) is 29.5 Å². The Kier molecular flexibility index (Phi) is 2.90. The first-order valence-electron chi connectivity index (χ1n) is 7.96. The van der Waals surface area contributed by atoms with Gasteiger partial charge in [0.1, 0.15) is 0 Å². The van der Waals surface area contributed by atoms with Crippen LogP contribution in [-0.2, 0) is 11.8 Å². The van der Waals surface area contributed by atoms with E-state index in [2.05, 4.69) is 54.5 Å². The summed E-state index contributed by atoms with van der Waals surface area (Å²) in [6, 6.07) is 11.9. The minimum Gasteiger partial charge on any atom is -0.313 e. The van der Waals surface area contributed by atoms with Gasteiger partial charge in [0.2, 0.25) is 0 Å². The molecule has 1 N–H and O–H groups in total. The largest absolute Gasteiger partial charge is 0.313 e. The van der Waals surface area contributed by atoms with Gasteiger partial charge in [0.05, 0.1) is 0 Å². The lowest BCUT2D eigenvalue weighted by molar-refractivity contribution is 0.158. The van der Waals surface area contributed by atoms with Gasteiger partial charge >= 0.3 is 0 Å². The van der Waals surface area contributed by atoms with E-state index in [0.717, 1.165) is 6.54 Å². The predicted molar refractivity (Wildman–Crippen MR) is 86.3 cm³/mol. The van der Waals surface area contributed by atoms with Crippen molar-refractivity contribution in [3.05, 3.63) is 53.9 Å². The van der Waals surface area contributed by atoms with E-state index in [1.807, 2.05) is 12.4 Å². The quantitative estimate of drug-likeness (QED) is 0.862. The molecule has 3 atom stereocenters. The normalized spacial score (nSPS) is 30.8. The second-order valence-corrected chi connectivity index (χ2v) is 6.83. The maximum atomic E-state index is 4.13. The zero-order valence-corrected chi connectivity index (χ0v) is 12.8. The summed E-state index contributed by atoms with van der Waals surface area (Å²) in [5.74, 6) is 0.700. The van der Waals surface area contributed by atoms with Gasteiger partial charge in [-0.15, -0.1) is 0 Å². The fraction of sp³-hybridized carbons (Fsp3) is 0.421. The van der Waals surface area contributed by atoms with Crippen molar-refractivity contribution < 1.29 is 0 Å². The summed E-state index contributed by atoms with van der Waals surface area (Å²) in [7, 11) is 0. The van der Waals surface area contributed by atoms with E-state index in [-0.39, 0.29) is 0 Å².